The van der Waals surface area contributed by atoms with E-state index in [9.17, 15) is 0 Å². The summed E-state index contributed by atoms with van der Waals surface area (Å²) in [6.07, 6.45) is 9.74. The third kappa shape index (κ3) is 3.82. The molecule has 2 rings (SSSR count). The largest absolute Gasteiger partial charge is 0.314 e. The second-order valence-electron chi connectivity index (χ2n) is 6.00. The third-order valence-electron chi connectivity index (χ3n) is 4.49. The van der Waals surface area contributed by atoms with Crippen LogP contribution in [-0.2, 0) is 6.42 Å². The minimum Gasteiger partial charge on any atom is -0.314 e. The molecule has 1 fully saturated rings. The molecule has 3 atom stereocenters. The minimum atomic E-state index is 0.520. The maximum absolute atomic E-state index is 4.75. The second-order valence-corrected chi connectivity index (χ2v) is 6.00. The predicted octanol–water partition coefficient (Wildman–Crippen LogP) is 3.56. The van der Waals surface area contributed by atoms with Crippen LogP contribution in [0, 0.1) is 5.92 Å². The molecule has 0 amide bonds. The fourth-order valence-corrected chi connectivity index (χ4v) is 3.07. The summed E-state index contributed by atoms with van der Waals surface area (Å²) in [6.45, 7) is 7.85. The Bertz CT molecular complexity index is 372. The van der Waals surface area contributed by atoms with Gasteiger partial charge in [-0.1, -0.05) is 20.3 Å². The van der Waals surface area contributed by atoms with Gasteiger partial charge in [0, 0.05) is 18.3 Å². The highest BCUT2D eigenvalue weighted by atomic mass is 15.3. The lowest BCUT2D eigenvalue weighted by atomic mass is 9.97. The molecule has 0 aliphatic heterocycles. The Morgan fingerprint density at radius 2 is 2.26 bits per heavy atom. The fraction of sp³-hybridized carbons (Fsp3) is 0.812. The summed E-state index contributed by atoms with van der Waals surface area (Å²) >= 11 is 0. The molecule has 1 saturated carbocycles. The first kappa shape index (κ1) is 14.6. The Kier molecular flexibility index (Phi) is 5.44. The molecule has 1 aliphatic carbocycles. The van der Waals surface area contributed by atoms with Gasteiger partial charge in [0.25, 0.3) is 0 Å². The summed E-state index contributed by atoms with van der Waals surface area (Å²) in [5.41, 5.74) is 1.27. The maximum atomic E-state index is 4.75. The zero-order valence-corrected chi connectivity index (χ0v) is 12.7. The Balaban J connectivity index is 1.90. The number of aromatic nitrogens is 2. The van der Waals surface area contributed by atoms with E-state index in [0.29, 0.717) is 12.1 Å². The Morgan fingerprint density at radius 3 is 3.00 bits per heavy atom. The molecule has 3 unspecified atom stereocenters. The van der Waals surface area contributed by atoms with Crippen LogP contribution in [0.2, 0.25) is 0 Å². The molecule has 0 radical (unpaired) electrons. The quantitative estimate of drug-likeness (QED) is 0.815. The highest BCUT2D eigenvalue weighted by Gasteiger charge is 2.27. The summed E-state index contributed by atoms with van der Waals surface area (Å²) in [4.78, 5) is 0. The molecule has 1 N–H and O–H groups in total. The van der Waals surface area contributed by atoms with E-state index < -0.39 is 0 Å². The summed E-state index contributed by atoms with van der Waals surface area (Å²) in [6, 6.07) is 3.45. The topological polar surface area (TPSA) is 29.9 Å². The van der Waals surface area contributed by atoms with Crippen LogP contribution >= 0.6 is 0 Å². The van der Waals surface area contributed by atoms with E-state index in [2.05, 4.69) is 43.0 Å². The Morgan fingerprint density at radius 1 is 1.42 bits per heavy atom. The molecule has 1 aromatic rings. The van der Waals surface area contributed by atoms with E-state index in [0.717, 1.165) is 25.3 Å². The van der Waals surface area contributed by atoms with Gasteiger partial charge in [-0.25, -0.2) is 0 Å². The molecule has 3 nitrogen and oxygen atoms in total. The smallest absolute Gasteiger partial charge is 0.0628 e. The highest BCUT2D eigenvalue weighted by Crippen LogP contribution is 2.28. The van der Waals surface area contributed by atoms with Gasteiger partial charge in [0.2, 0.25) is 0 Å². The van der Waals surface area contributed by atoms with Gasteiger partial charge in [-0.15, -0.1) is 0 Å². The average molecular weight is 263 g/mol. The van der Waals surface area contributed by atoms with Crippen molar-refractivity contribution in [1.82, 2.24) is 15.1 Å². The van der Waals surface area contributed by atoms with E-state index >= 15 is 0 Å². The fourth-order valence-electron chi connectivity index (χ4n) is 3.07. The minimum absolute atomic E-state index is 0.520. The second kappa shape index (κ2) is 7.09. The summed E-state index contributed by atoms with van der Waals surface area (Å²) < 4.78 is 2.12. The van der Waals surface area contributed by atoms with Crippen molar-refractivity contribution in [2.24, 2.45) is 5.92 Å². The standard InChI is InChI=1S/C16H29N3/c1-4-10-17-16-8-6-7-14(16)12-15-9-11-19(18-15)13(3)5-2/h9,11,13-14,16-17H,4-8,10,12H2,1-3H3. The van der Waals surface area contributed by atoms with Crippen LogP contribution in [0.4, 0.5) is 0 Å². The van der Waals surface area contributed by atoms with Crippen LogP contribution in [0.5, 0.6) is 0 Å². The van der Waals surface area contributed by atoms with Crippen molar-refractivity contribution in [3.8, 4) is 0 Å². The van der Waals surface area contributed by atoms with E-state index in [1.165, 1.54) is 31.4 Å². The van der Waals surface area contributed by atoms with E-state index in [1.807, 2.05) is 0 Å². The van der Waals surface area contributed by atoms with E-state index in [4.69, 9.17) is 5.10 Å². The lowest BCUT2D eigenvalue weighted by Crippen LogP contribution is -2.33. The van der Waals surface area contributed by atoms with Gasteiger partial charge in [0.05, 0.1) is 5.69 Å². The summed E-state index contributed by atoms with van der Waals surface area (Å²) in [7, 11) is 0. The lowest BCUT2D eigenvalue weighted by Gasteiger charge is -2.20. The Labute approximate surface area is 117 Å². The zero-order chi connectivity index (χ0) is 13.7. The molecule has 0 saturated heterocycles. The number of nitrogens with zero attached hydrogens (tertiary/aromatic N) is 2. The normalized spacial score (nSPS) is 24.8. The van der Waals surface area contributed by atoms with Crippen molar-refractivity contribution in [2.75, 3.05) is 6.54 Å². The molecule has 0 aromatic carbocycles. The first-order chi connectivity index (χ1) is 9.24. The van der Waals surface area contributed by atoms with Crippen LogP contribution in [0.1, 0.15) is 64.6 Å². The first-order valence-electron chi connectivity index (χ1n) is 8.02. The van der Waals surface area contributed by atoms with Crippen LogP contribution in [0.3, 0.4) is 0 Å². The van der Waals surface area contributed by atoms with Crippen LogP contribution in [0.25, 0.3) is 0 Å². The summed E-state index contributed by atoms with van der Waals surface area (Å²) in [5, 5.41) is 8.46. The third-order valence-corrected chi connectivity index (χ3v) is 4.49. The molecule has 1 aliphatic rings. The zero-order valence-electron chi connectivity index (χ0n) is 12.7. The van der Waals surface area contributed by atoms with E-state index in [1.54, 1.807) is 0 Å². The number of hydrogen-bond donors (Lipinski definition) is 1. The van der Waals surface area contributed by atoms with Gasteiger partial charge < -0.3 is 5.32 Å². The monoisotopic (exact) mass is 263 g/mol. The molecule has 1 heterocycles. The van der Waals surface area contributed by atoms with Gasteiger partial charge in [-0.05, 0) is 57.6 Å². The molecule has 108 valence electrons. The van der Waals surface area contributed by atoms with Gasteiger partial charge in [-0.2, -0.15) is 5.10 Å². The molecule has 0 bridgehead atoms. The average Bonchev–Trinajstić information content (AvgIpc) is 3.05. The molecule has 1 aromatic heterocycles. The number of hydrogen-bond acceptors (Lipinski definition) is 2. The van der Waals surface area contributed by atoms with Gasteiger partial charge in [0.15, 0.2) is 0 Å². The summed E-state index contributed by atoms with van der Waals surface area (Å²) in [5.74, 6) is 0.784. The van der Waals surface area contributed by atoms with E-state index in [-0.39, 0.29) is 0 Å². The predicted molar refractivity (Wildman–Crippen MR) is 80.4 cm³/mol. The Hall–Kier alpha value is -0.830. The first-order valence-corrected chi connectivity index (χ1v) is 8.02. The molecule has 0 spiro atoms. The van der Waals surface area contributed by atoms with Crippen LogP contribution < -0.4 is 5.32 Å². The number of rotatable bonds is 7. The van der Waals surface area contributed by atoms with Crippen LogP contribution in [-0.4, -0.2) is 22.4 Å². The highest BCUT2D eigenvalue weighted by molar-refractivity contribution is 5.03. The van der Waals surface area contributed by atoms with Crippen molar-refractivity contribution >= 4 is 0 Å². The van der Waals surface area contributed by atoms with Crippen molar-refractivity contribution in [2.45, 2.75) is 71.4 Å². The SMILES string of the molecule is CCCNC1CCCC1Cc1ccn(C(C)CC)n1. The van der Waals surface area contributed by atoms with Crippen molar-refractivity contribution in [1.29, 1.82) is 0 Å². The lowest BCUT2D eigenvalue weighted by molar-refractivity contribution is 0.392. The van der Waals surface area contributed by atoms with Gasteiger partial charge in [0.1, 0.15) is 0 Å². The molecular formula is C16H29N3. The maximum Gasteiger partial charge on any atom is 0.0628 e. The van der Waals surface area contributed by atoms with Gasteiger partial charge >= 0.3 is 0 Å². The van der Waals surface area contributed by atoms with Crippen molar-refractivity contribution in [3.05, 3.63) is 18.0 Å². The molecule has 3 heteroatoms. The number of nitrogens with one attached hydrogen (secondary N) is 1. The molecular weight excluding hydrogens is 234 g/mol. The van der Waals surface area contributed by atoms with Crippen molar-refractivity contribution in [3.63, 3.8) is 0 Å². The molecule has 19 heavy (non-hydrogen) atoms. The van der Waals surface area contributed by atoms with Crippen LogP contribution in [0.15, 0.2) is 12.3 Å². The van der Waals surface area contributed by atoms with Gasteiger partial charge in [-0.3, -0.25) is 4.68 Å². The van der Waals surface area contributed by atoms with Crippen molar-refractivity contribution < 1.29 is 0 Å².